The summed E-state index contributed by atoms with van der Waals surface area (Å²) >= 11 is 0. The molecule has 0 radical (unpaired) electrons. The summed E-state index contributed by atoms with van der Waals surface area (Å²) in [5.74, 6) is -0.260. The molecule has 0 aliphatic carbocycles. The Bertz CT molecular complexity index is 705. The molecule has 1 aromatic rings. The Morgan fingerprint density at radius 2 is 1.05 bits per heavy atom. The van der Waals surface area contributed by atoms with E-state index in [-0.39, 0.29) is 6.42 Å². The summed E-state index contributed by atoms with van der Waals surface area (Å²) in [6, 6.07) is 4.21. The number of carboxylic acids is 1. The molecule has 1 aromatic carbocycles. The molecule has 0 spiro atoms. The maximum atomic E-state index is 11.4. The lowest BCUT2D eigenvalue weighted by molar-refractivity contribution is -0.136. The highest BCUT2D eigenvalue weighted by molar-refractivity contribution is 7.83. The van der Waals surface area contributed by atoms with Crippen LogP contribution in [0.15, 0.2) is 12.1 Å². The van der Waals surface area contributed by atoms with Crippen LogP contribution in [0.2, 0.25) is 0 Å². The normalized spacial score (nSPS) is 11.8. The van der Waals surface area contributed by atoms with Crippen molar-refractivity contribution in [3.63, 3.8) is 0 Å². The Balaban J connectivity index is 3.19. The van der Waals surface area contributed by atoms with Crippen LogP contribution in [0.5, 0.6) is 5.75 Å². The van der Waals surface area contributed by atoms with Gasteiger partial charge in [-0.3, -0.25) is 4.79 Å². The van der Waals surface area contributed by atoms with Gasteiger partial charge in [-0.05, 0) is 75.1 Å². The van der Waals surface area contributed by atoms with Gasteiger partial charge < -0.3 is 10.2 Å². The van der Waals surface area contributed by atoms with Crippen molar-refractivity contribution < 1.29 is 15.0 Å². The van der Waals surface area contributed by atoms with Gasteiger partial charge in [0.05, 0.1) is 25.7 Å². The van der Waals surface area contributed by atoms with Crippen molar-refractivity contribution in [2.24, 2.45) is 0 Å². The Kier molecular flexibility index (Phi) is 20.0. The Hall–Kier alpha value is -1.08. The third kappa shape index (κ3) is 14.3. The number of phenols is 1. The molecule has 0 aliphatic rings. The molecule has 0 atom stereocenters. The molecule has 3 nitrogen and oxygen atoms in total. The first-order valence-electron chi connectivity index (χ1n) is 16.3. The van der Waals surface area contributed by atoms with Gasteiger partial charge in [0, 0.05) is 6.42 Å². The van der Waals surface area contributed by atoms with Crippen LogP contribution in [-0.2, 0) is 11.2 Å². The molecule has 0 saturated heterocycles. The lowest BCUT2D eigenvalue weighted by atomic mass is 10.0. The predicted octanol–water partition coefficient (Wildman–Crippen LogP) is 10.4. The fourth-order valence-electron chi connectivity index (χ4n) is 5.90. The second-order valence-electron chi connectivity index (χ2n) is 11.8. The van der Waals surface area contributed by atoms with Gasteiger partial charge in [-0.15, -0.1) is 0 Å². The summed E-state index contributed by atoms with van der Waals surface area (Å²) < 4.78 is 0. The number of rotatable bonds is 25. The fraction of sp³-hybridized carbons (Fsp3) is 0.794. The highest BCUT2D eigenvalue weighted by Gasteiger charge is 2.41. The van der Waals surface area contributed by atoms with Crippen molar-refractivity contribution in [1.82, 2.24) is 0 Å². The quantitative estimate of drug-likeness (QED) is 0.0942. The molecule has 0 heterocycles. The van der Waals surface area contributed by atoms with Gasteiger partial charge in [-0.2, -0.15) is 0 Å². The average Bonchev–Trinajstić information content (AvgIpc) is 2.89. The third-order valence-corrected chi connectivity index (χ3v) is 13.3. The smallest absolute Gasteiger partial charge is 0.303 e. The molecule has 38 heavy (non-hydrogen) atoms. The SMILES string of the molecule is CCCCCCCC[P+](CCCCCCCC)(CCCCCCCC)c1cc(CCC(=O)O)c(C)cc1O. The van der Waals surface area contributed by atoms with Crippen molar-refractivity contribution in [3.05, 3.63) is 23.3 Å². The van der Waals surface area contributed by atoms with Crippen LogP contribution in [0, 0.1) is 6.92 Å². The number of benzene rings is 1. The second kappa shape index (κ2) is 21.7. The van der Waals surface area contributed by atoms with Crippen LogP contribution < -0.4 is 5.30 Å². The van der Waals surface area contributed by atoms with E-state index in [0.717, 1.165) is 11.1 Å². The van der Waals surface area contributed by atoms with Crippen LogP contribution >= 0.6 is 7.26 Å². The molecular formula is C34H62O3P+. The van der Waals surface area contributed by atoms with E-state index >= 15 is 0 Å². The molecule has 0 aliphatic heterocycles. The Morgan fingerprint density at radius 3 is 1.45 bits per heavy atom. The Labute approximate surface area is 236 Å². The zero-order valence-corrected chi connectivity index (χ0v) is 26.6. The largest absolute Gasteiger partial charge is 0.504 e. The first-order valence-corrected chi connectivity index (χ1v) is 18.7. The number of hydrogen-bond acceptors (Lipinski definition) is 2. The fourth-order valence-corrected chi connectivity index (χ4v) is 10.8. The minimum absolute atomic E-state index is 0.156. The maximum Gasteiger partial charge on any atom is 0.303 e. The highest BCUT2D eigenvalue weighted by atomic mass is 31.2. The summed E-state index contributed by atoms with van der Waals surface area (Å²) in [5.41, 5.74) is 2.16. The number of carboxylic acid groups (broad SMARTS) is 1. The number of aromatic hydroxyl groups is 1. The second-order valence-corrected chi connectivity index (χ2v) is 15.9. The third-order valence-electron chi connectivity index (χ3n) is 8.37. The number of unbranched alkanes of at least 4 members (excludes halogenated alkanes) is 15. The number of carbonyl (C=O) groups is 1. The molecule has 0 fully saturated rings. The number of hydrogen-bond donors (Lipinski definition) is 2. The number of phenolic OH excluding ortho intramolecular Hbond substituents is 1. The Morgan fingerprint density at radius 1 is 0.658 bits per heavy atom. The zero-order chi connectivity index (χ0) is 28.1. The average molecular weight is 550 g/mol. The number of aliphatic carboxylic acids is 1. The standard InChI is InChI=1S/C34H61O3P/c1-5-8-11-14-17-20-25-38(26-21-18-15-12-9-6-2,27-22-19-16-13-10-7-3)33-29-31(23-24-34(36)37)30(4)28-32(33)35/h28-29H,5-27H2,1-4H3,(H-,35,36,37)/p+1. The van der Waals surface area contributed by atoms with Crippen LogP contribution in [0.1, 0.15) is 154 Å². The molecule has 2 N–H and O–H groups in total. The minimum Gasteiger partial charge on any atom is -0.504 e. The molecule has 0 saturated carbocycles. The topological polar surface area (TPSA) is 57.5 Å². The first kappa shape index (κ1) is 34.9. The minimum atomic E-state index is -1.54. The molecule has 0 unspecified atom stereocenters. The van der Waals surface area contributed by atoms with Crippen molar-refractivity contribution in [1.29, 1.82) is 0 Å². The maximum absolute atomic E-state index is 11.4. The van der Waals surface area contributed by atoms with E-state index in [0.29, 0.717) is 12.2 Å². The van der Waals surface area contributed by atoms with E-state index in [2.05, 4.69) is 26.8 Å². The van der Waals surface area contributed by atoms with Crippen LogP contribution in [0.4, 0.5) is 0 Å². The summed E-state index contributed by atoms with van der Waals surface area (Å²) in [6.07, 6.45) is 28.0. The highest BCUT2D eigenvalue weighted by Crippen LogP contribution is 2.61. The molecule has 0 aromatic heterocycles. The van der Waals surface area contributed by atoms with Crippen molar-refractivity contribution in [3.8, 4) is 5.75 Å². The summed E-state index contributed by atoms with van der Waals surface area (Å²) in [4.78, 5) is 11.3. The lowest BCUT2D eigenvalue weighted by Crippen LogP contribution is -2.23. The monoisotopic (exact) mass is 549 g/mol. The van der Waals surface area contributed by atoms with Gasteiger partial charge in [0.15, 0.2) is 5.75 Å². The van der Waals surface area contributed by atoms with Crippen molar-refractivity contribution in [2.45, 2.75) is 156 Å². The van der Waals surface area contributed by atoms with Gasteiger partial charge in [-0.1, -0.05) is 97.8 Å². The molecule has 0 bridgehead atoms. The lowest BCUT2D eigenvalue weighted by Gasteiger charge is -2.29. The van der Waals surface area contributed by atoms with Crippen molar-refractivity contribution >= 4 is 18.5 Å². The van der Waals surface area contributed by atoms with Crippen molar-refractivity contribution in [2.75, 3.05) is 18.5 Å². The van der Waals surface area contributed by atoms with Gasteiger partial charge in [0.2, 0.25) is 0 Å². The predicted molar refractivity (Wildman–Crippen MR) is 170 cm³/mol. The van der Waals surface area contributed by atoms with Gasteiger partial charge >= 0.3 is 5.97 Å². The zero-order valence-electron chi connectivity index (χ0n) is 25.7. The van der Waals surface area contributed by atoms with E-state index in [1.807, 2.05) is 13.0 Å². The van der Waals surface area contributed by atoms with E-state index in [1.54, 1.807) is 0 Å². The summed E-state index contributed by atoms with van der Waals surface area (Å²) in [5, 5.41) is 21.9. The molecular weight excluding hydrogens is 487 g/mol. The van der Waals surface area contributed by atoms with Crippen LogP contribution in [0.25, 0.3) is 0 Å². The van der Waals surface area contributed by atoms with Gasteiger partial charge in [-0.25, -0.2) is 0 Å². The molecule has 0 amide bonds. The molecule has 1 rings (SSSR count). The first-order chi connectivity index (χ1) is 18.4. The summed E-state index contributed by atoms with van der Waals surface area (Å²) in [6.45, 7) is 8.86. The van der Waals surface area contributed by atoms with Crippen LogP contribution in [-0.4, -0.2) is 34.7 Å². The van der Waals surface area contributed by atoms with Crippen LogP contribution in [0.3, 0.4) is 0 Å². The van der Waals surface area contributed by atoms with E-state index in [1.165, 1.54) is 139 Å². The van der Waals surface area contributed by atoms with E-state index < -0.39 is 13.2 Å². The van der Waals surface area contributed by atoms with E-state index in [4.69, 9.17) is 0 Å². The van der Waals surface area contributed by atoms with Gasteiger partial charge in [0.1, 0.15) is 5.30 Å². The molecule has 220 valence electrons. The molecule has 4 heteroatoms. The number of aryl methyl sites for hydroxylation is 2. The van der Waals surface area contributed by atoms with E-state index in [9.17, 15) is 15.0 Å². The van der Waals surface area contributed by atoms with Gasteiger partial charge in [0.25, 0.3) is 0 Å². The summed E-state index contributed by atoms with van der Waals surface area (Å²) in [7, 11) is -1.54.